The van der Waals surface area contributed by atoms with E-state index < -0.39 is 28.3 Å². The predicted octanol–water partition coefficient (Wildman–Crippen LogP) is 4.92. The van der Waals surface area contributed by atoms with Crippen molar-refractivity contribution in [2.75, 3.05) is 13.2 Å². The first-order chi connectivity index (χ1) is 11.2. The van der Waals surface area contributed by atoms with E-state index in [9.17, 15) is 10.2 Å². The minimum Gasteiger partial charge on any atom is -0.416 e. The average molecular weight is 405 g/mol. The van der Waals surface area contributed by atoms with Gasteiger partial charge >= 0.3 is 0 Å². The largest absolute Gasteiger partial charge is 0.416 e. The van der Waals surface area contributed by atoms with Crippen LogP contribution in [0.25, 0.3) is 0 Å². The summed E-state index contributed by atoms with van der Waals surface area (Å²) in [7, 11) is -3.81. The topological polar surface area (TPSA) is 58.9 Å². The first-order valence-corrected chi connectivity index (χ1v) is 15.7. The molecule has 0 aliphatic heterocycles. The number of hydrogen-bond donors (Lipinski definition) is 2. The molecule has 0 amide bonds. The molecule has 2 atom stereocenters. The summed E-state index contributed by atoms with van der Waals surface area (Å²) in [5.74, 6) is 0. The van der Waals surface area contributed by atoms with Gasteiger partial charge < -0.3 is 19.1 Å². The molecule has 2 N–H and O–H groups in total. The van der Waals surface area contributed by atoms with E-state index in [0.29, 0.717) is 26.1 Å². The van der Waals surface area contributed by atoms with Crippen molar-refractivity contribution in [2.45, 2.75) is 109 Å². The molecule has 4 nitrogen and oxygen atoms in total. The van der Waals surface area contributed by atoms with Gasteiger partial charge in [0.25, 0.3) is 0 Å². The molecule has 1 fully saturated rings. The number of rotatable bonds is 6. The Labute approximate surface area is 163 Å². The summed E-state index contributed by atoms with van der Waals surface area (Å²) in [5, 5.41) is 21.3. The maximum Gasteiger partial charge on any atom is 0.192 e. The van der Waals surface area contributed by atoms with Crippen molar-refractivity contribution in [2.24, 2.45) is 5.41 Å². The summed E-state index contributed by atoms with van der Waals surface area (Å²) in [6.07, 6.45) is 0.321. The number of aliphatic hydroxyl groups is 2. The minimum absolute atomic E-state index is 0.133. The van der Waals surface area contributed by atoms with Crippen LogP contribution in [0.1, 0.15) is 61.3 Å². The molecule has 0 aromatic heterocycles. The molecule has 0 spiro atoms. The van der Waals surface area contributed by atoms with Crippen LogP contribution < -0.4 is 0 Å². The lowest BCUT2D eigenvalue weighted by Crippen LogP contribution is -2.48. The molecule has 0 aromatic rings. The summed E-state index contributed by atoms with van der Waals surface area (Å²) < 4.78 is 13.1. The van der Waals surface area contributed by atoms with E-state index >= 15 is 0 Å². The summed E-state index contributed by atoms with van der Waals surface area (Å²) in [6, 6.07) is 0. The van der Waals surface area contributed by atoms with E-state index in [-0.39, 0.29) is 15.5 Å². The Hall–Kier alpha value is 0.274. The van der Waals surface area contributed by atoms with Crippen LogP contribution in [0, 0.1) is 5.41 Å². The highest BCUT2D eigenvalue weighted by Gasteiger charge is 2.53. The van der Waals surface area contributed by atoms with Crippen molar-refractivity contribution < 1.29 is 19.1 Å². The van der Waals surface area contributed by atoms with Crippen molar-refractivity contribution in [1.82, 2.24) is 0 Å². The third kappa shape index (κ3) is 5.42. The third-order valence-electron chi connectivity index (χ3n) is 7.17. The van der Waals surface area contributed by atoms with Gasteiger partial charge in [-0.05, 0) is 56.0 Å². The molecule has 0 saturated heterocycles. The quantitative estimate of drug-likeness (QED) is 0.617. The van der Waals surface area contributed by atoms with Crippen LogP contribution >= 0.6 is 0 Å². The van der Waals surface area contributed by atoms with Crippen LogP contribution in [-0.4, -0.2) is 51.8 Å². The van der Waals surface area contributed by atoms with Gasteiger partial charge in [0.1, 0.15) is 0 Å². The Morgan fingerprint density at radius 1 is 0.885 bits per heavy atom. The molecule has 0 heterocycles. The van der Waals surface area contributed by atoms with E-state index in [1.54, 1.807) is 6.92 Å². The van der Waals surface area contributed by atoms with E-state index in [0.717, 1.165) is 0 Å². The molecule has 1 saturated carbocycles. The van der Waals surface area contributed by atoms with Crippen molar-refractivity contribution >= 4 is 16.6 Å². The SMILES string of the molecule is CC(C)(C)[Si](C)(C)OCC1(CO[Si](C)(C)C(C)(C)C)C[C@@H](O)[C@@](C)(O)C1. The molecular formula is C20H44O4Si2. The molecule has 1 aliphatic rings. The third-order valence-corrected chi connectivity index (χ3v) is 16.1. The molecule has 26 heavy (non-hydrogen) atoms. The zero-order valence-electron chi connectivity index (χ0n) is 19.1. The Morgan fingerprint density at radius 2 is 1.23 bits per heavy atom. The minimum atomic E-state index is -1.91. The average Bonchev–Trinajstić information content (AvgIpc) is 2.63. The maximum atomic E-state index is 10.6. The first kappa shape index (κ1) is 24.3. The number of aliphatic hydroxyl groups excluding tert-OH is 1. The molecule has 1 aliphatic carbocycles. The van der Waals surface area contributed by atoms with E-state index in [1.165, 1.54) is 0 Å². The van der Waals surface area contributed by atoms with Crippen molar-refractivity contribution in [3.8, 4) is 0 Å². The smallest absolute Gasteiger partial charge is 0.192 e. The molecule has 1 rings (SSSR count). The lowest BCUT2D eigenvalue weighted by molar-refractivity contribution is -0.0407. The lowest BCUT2D eigenvalue weighted by Gasteiger charge is -2.43. The van der Waals surface area contributed by atoms with Gasteiger partial charge in [0.05, 0.1) is 11.7 Å². The van der Waals surface area contributed by atoms with Gasteiger partial charge in [0.2, 0.25) is 0 Å². The Morgan fingerprint density at radius 3 is 1.46 bits per heavy atom. The van der Waals surface area contributed by atoms with Gasteiger partial charge in [-0.3, -0.25) is 0 Å². The summed E-state index contributed by atoms with van der Waals surface area (Å²) in [5.41, 5.74) is -1.40. The fraction of sp³-hybridized carbons (Fsp3) is 1.00. The zero-order chi connectivity index (χ0) is 20.8. The van der Waals surface area contributed by atoms with Gasteiger partial charge in [-0.1, -0.05) is 41.5 Å². The second-order valence-electron chi connectivity index (χ2n) is 11.9. The highest BCUT2D eigenvalue weighted by Crippen LogP contribution is 2.48. The van der Waals surface area contributed by atoms with Gasteiger partial charge in [0.15, 0.2) is 16.6 Å². The van der Waals surface area contributed by atoms with Crippen molar-refractivity contribution in [3.63, 3.8) is 0 Å². The highest BCUT2D eigenvalue weighted by atomic mass is 28.4. The molecular weight excluding hydrogens is 360 g/mol. The Kier molecular flexibility index (Phi) is 6.79. The van der Waals surface area contributed by atoms with E-state index in [1.807, 2.05) is 0 Å². The van der Waals surface area contributed by atoms with Crippen LogP contribution in [0.2, 0.25) is 36.3 Å². The van der Waals surface area contributed by atoms with Crippen LogP contribution in [0.5, 0.6) is 0 Å². The predicted molar refractivity (Wildman–Crippen MR) is 115 cm³/mol. The highest BCUT2D eigenvalue weighted by molar-refractivity contribution is 6.74. The van der Waals surface area contributed by atoms with Gasteiger partial charge in [-0.15, -0.1) is 0 Å². The second-order valence-corrected chi connectivity index (χ2v) is 21.5. The summed E-state index contributed by atoms with van der Waals surface area (Å²) in [4.78, 5) is 0. The molecule has 0 bridgehead atoms. The summed E-state index contributed by atoms with van der Waals surface area (Å²) in [6.45, 7) is 25.2. The maximum absolute atomic E-state index is 10.6. The molecule has 0 unspecified atom stereocenters. The summed E-state index contributed by atoms with van der Waals surface area (Å²) >= 11 is 0. The molecule has 0 aromatic carbocycles. The monoisotopic (exact) mass is 404 g/mol. The van der Waals surface area contributed by atoms with Gasteiger partial charge in [-0.2, -0.15) is 0 Å². The van der Waals surface area contributed by atoms with Crippen LogP contribution in [0.4, 0.5) is 0 Å². The molecule has 156 valence electrons. The fourth-order valence-electron chi connectivity index (χ4n) is 2.94. The van der Waals surface area contributed by atoms with Crippen molar-refractivity contribution in [1.29, 1.82) is 0 Å². The fourth-order valence-corrected chi connectivity index (χ4v) is 5.14. The molecule has 0 radical (unpaired) electrons. The zero-order valence-corrected chi connectivity index (χ0v) is 21.1. The standard InChI is InChI=1S/C20H44O4Si2/c1-17(2,3)25(8,9)23-14-20(12-16(21)19(7,22)13-20)15-24-26(10,11)18(4,5)6/h16,21-22H,12-15H2,1-11H3/t16-,19+/m1/s1. The van der Waals surface area contributed by atoms with E-state index in [2.05, 4.69) is 67.7 Å². The number of hydrogen-bond acceptors (Lipinski definition) is 4. The Bertz CT molecular complexity index is 457. The second kappa shape index (κ2) is 7.27. The van der Waals surface area contributed by atoms with Gasteiger partial charge in [-0.25, -0.2) is 0 Å². The van der Waals surface area contributed by atoms with Crippen LogP contribution in [0.15, 0.2) is 0 Å². The van der Waals surface area contributed by atoms with Gasteiger partial charge in [0, 0.05) is 18.6 Å². The molecule has 6 heteroatoms. The Balaban J connectivity index is 3.00. The van der Waals surface area contributed by atoms with Crippen LogP contribution in [-0.2, 0) is 8.85 Å². The van der Waals surface area contributed by atoms with E-state index in [4.69, 9.17) is 8.85 Å². The van der Waals surface area contributed by atoms with Crippen LogP contribution in [0.3, 0.4) is 0 Å². The lowest BCUT2D eigenvalue weighted by atomic mass is 9.87. The normalized spacial score (nSPS) is 27.8. The van der Waals surface area contributed by atoms with Crippen molar-refractivity contribution in [3.05, 3.63) is 0 Å². The first-order valence-electron chi connectivity index (χ1n) is 9.93.